The van der Waals surface area contributed by atoms with Gasteiger partial charge in [-0.25, -0.2) is 0 Å². The minimum absolute atomic E-state index is 0.00664. The second kappa shape index (κ2) is 8.94. The number of carbonyl (C=O) groups is 2. The number of nitrogens with one attached hydrogen (secondary N) is 2. The Kier molecular flexibility index (Phi) is 8.44. The minimum atomic E-state index is -0.126. The number of rotatable bonds is 8. The smallest absolute Gasteiger partial charge is 0.222 e. The fourth-order valence-corrected chi connectivity index (χ4v) is 2.33. The van der Waals surface area contributed by atoms with Crippen LogP contribution in [0.1, 0.15) is 47.5 Å². The van der Waals surface area contributed by atoms with E-state index in [2.05, 4.69) is 31.4 Å². The van der Waals surface area contributed by atoms with Crippen LogP contribution in [0.15, 0.2) is 0 Å². The van der Waals surface area contributed by atoms with E-state index in [1.807, 2.05) is 13.8 Å². The number of carbonyl (C=O) groups excluding carboxylic acids is 2. The van der Waals surface area contributed by atoms with Gasteiger partial charge in [-0.1, -0.05) is 34.6 Å². The van der Waals surface area contributed by atoms with Crippen molar-refractivity contribution in [3.63, 3.8) is 0 Å². The molecule has 0 spiro atoms. The van der Waals surface area contributed by atoms with Gasteiger partial charge >= 0.3 is 0 Å². The molecule has 0 aromatic carbocycles. The highest BCUT2D eigenvalue weighted by molar-refractivity contribution is 5.81. The summed E-state index contributed by atoms with van der Waals surface area (Å²) in [5, 5.41) is 5.59. The Labute approximate surface area is 117 Å². The van der Waals surface area contributed by atoms with E-state index in [0.717, 1.165) is 13.0 Å². The van der Waals surface area contributed by atoms with Crippen molar-refractivity contribution in [1.82, 2.24) is 10.6 Å². The van der Waals surface area contributed by atoms with Crippen LogP contribution in [0.4, 0.5) is 0 Å². The van der Waals surface area contributed by atoms with Crippen molar-refractivity contribution in [3.8, 4) is 0 Å². The topological polar surface area (TPSA) is 58.2 Å². The normalized spacial score (nSPS) is 15.7. The van der Waals surface area contributed by atoms with Crippen LogP contribution < -0.4 is 10.6 Å². The van der Waals surface area contributed by atoms with Crippen molar-refractivity contribution in [2.75, 3.05) is 13.6 Å². The van der Waals surface area contributed by atoms with E-state index in [4.69, 9.17) is 0 Å². The molecular formula is C15H30N2O2. The second-order valence-electron chi connectivity index (χ2n) is 6.13. The first-order valence-electron chi connectivity index (χ1n) is 7.27. The average molecular weight is 270 g/mol. The van der Waals surface area contributed by atoms with Crippen molar-refractivity contribution in [1.29, 1.82) is 0 Å². The van der Waals surface area contributed by atoms with Gasteiger partial charge in [-0.3, -0.25) is 9.59 Å². The van der Waals surface area contributed by atoms with Crippen molar-refractivity contribution in [2.24, 2.45) is 23.7 Å². The standard InChI is InChI=1S/C15H30N2O2/c1-10(2)7-11(3)9-17-15(19)13(5)8-12(4)14(18)16-6/h10-13H,7-9H2,1-6H3,(H,16,18)(H,17,19)/t11-,12?,13?/m1/s1. The summed E-state index contributed by atoms with van der Waals surface area (Å²) in [5.41, 5.74) is 0. The molecule has 112 valence electrons. The highest BCUT2D eigenvalue weighted by atomic mass is 16.2. The second-order valence-corrected chi connectivity index (χ2v) is 6.13. The number of amides is 2. The highest BCUT2D eigenvalue weighted by Gasteiger charge is 2.20. The molecule has 0 saturated carbocycles. The van der Waals surface area contributed by atoms with E-state index in [1.54, 1.807) is 7.05 Å². The van der Waals surface area contributed by atoms with Gasteiger partial charge in [0.15, 0.2) is 0 Å². The lowest BCUT2D eigenvalue weighted by atomic mass is 9.95. The van der Waals surface area contributed by atoms with Gasteiger partial charge in [-0.2, -0.15) is 0 Å². The van der Waals surface area contributed by atoms with Crippen molar-refractivity contribution >= 4 is 11.8 Å². The lowest BCUT2D eigenvalue weighted by Gasteiger charge is -2.19. The SMILES string of the molecule is CNC(=O)C(C)CC(C)C(=O)NC[C@H](C)CC(C)C. The molecule has 19 heavy (non-hydrogen) atoms. The van der Waals surface area contributed by atoms with Gasteiger partial charge in [0.2, 0.25) is 11.8 Å². The molecule has 0 radical (unpaired) electrons. The van der Waals surface area contributed by atoms with Crippen molar-refractivity contribution in [3.05, 3.63) is 0 Å². The van der Waals surface area contributed by atoms with Crippen LogP contribution in [0, 0.1) is 23.7 Å². The molecule has 0 aromatic rings. The first-order valence-corrected chi connectivity index (χ1v) is 7.27. The third-order valence-electron chi connectivity index (χ3n) is 3.35. The zero-order valence-electron chi connectivity index (χ0n) is 13.2. The quantitative estimate of drug-likeness (QED) is 0.710. The van der Waals surface area contributed by atoms with Crippen LogP contribution in [0.3, 0.4) is 0 Å². The minimum Gasteiger partial charge on any atom is -0.359 e. The van der Waals surface area contributed by atoms with E-state index < -0.39 is 0 Å². The van der Waals surface area contributed by atoms with Gasteiger partial charge in [0.05, 0.1) is 0 Å². The molecule has 0 aliphatic carbocycles. The summed E-state index contributed by atoms with van der Waals surface area (Å²) in [5.74, 6) is 0.932. The predicted molar refractivity (Wildman–Crippen MR) is 78.6 cm³/mol. The molecule has 0 saturated heterocycles. The molecule has 2 amide bonds. The first-order chi connectivity index (χ1) is 8.77. The van der Waals surface area contributed by atoms with Gasteiger partial charge < -0.3 is 10.6 Å². The molecule has 0 aliphatic rings. The molecule has 4 nitrogen and oxygen atoms in total. The largest absolute Gasteiger partial charge is 0.359 e. The predicted octanol–water partition coefficient (Wildman–Crippen LogP) is 2.19. The molecule has 0 aliphatic heterocycles. The van der Waals surface area contributed by atoms with Gasteiger partial charge in [0.1, 0.15) is 0 Å². The van der Waals surface area contributed by atoms with Crippen molar-refractivity contribution < 1.29 is 9.59 Å². The van der Waals surface area contributed by atoms with E-state index >= 15 is 0 Å². The summed E-state index contributed by atoms with van der Waals surface area (Å²) < 4.78 is 0. The monoisotopic (exact) mass is 270 g/mol. The molecule has 0 rings (SSSR count). The van der Waals surface area contributed by atoms with Gasteiger partial charge in [-0.05, 0) is 24.7 Å². The van der Waals surface area contributed by atoms with Crippen LogP contribution in [-0.4, -0.2) is 25.4 Å². The molecule has 0 aromatic heterocycles. The summed E-state index contributed by atoms with van der Waals surface area (Å²) in [4.78, 5) is 23.4. The maximum absolute atomic E-state index is 11.9. The third kappa shape index (κ3) is 7.85. The van der Waals surface area contributed by atoms with Crippen LogP contribution in [-0.2, 0) is 9.59 Å². The molecule has 0 heterocycles. The molecule has 2 N–H and O–H groups in total. The first kappa shape index (κ1) is 17.9. The fraction of sp³-hybridized carbons (Fsp3) is 0.867. The Balaban J connectivity index is 4.03. The van der Waals surface area contributed by atoms with Crippen molar-refractivity contribution in [2.45, 2.75) is 47.5 Å². The summed E-state index contributed by atoms with van der Waals surface area (Å²) in [6, 6.07) is 0. The molecular weight excluding hydrogens is 240 g/mol. The van der Waals surface area contributed by atoms with Crippen LogP contribution in [0.25, 0.3) is 0 Å². The Morgan fingerprint density at radius 3 is 1.89 bits per heavy atom. The van der Waals surface area contributed by atoms with Crippen LogP contribution >= 0.6 is 0 Å². The van der Waals surface area contributed by atoms with Gasteiger partial charge in [0.25, 0.3) is 0 Å². The summed E-state index contributed by atoms with van der Waals surface area (Å²) in [6.07, 6.45) is 1.70. The van der Waals surface area contributed by atoms with Crippen LogP contribution in [0.5, 0.6) is 0 Å². The van der Waals surface area contributed by atoms with Gasteiger partial charge in [0, 0.05) is 25.4 Å². The number of hydrogen-bond acceptors (Lipinski definition) is 2. The van der Waals surface area contributed by atoms with E-state index in [1.165, 1.54) is 0 Å². The van der Waals surface area contributed by atoms with E-state index in [-0.39, 0.29) is 23.7 Å². The maximum atomic E-state index is 11.9. The lowest BCUT2D eigenvalue weighted by Crippen LogP contribution is -2.35. The zero-order chi connectivity index (χ0) is 15.0. The maximum Gasteiger partial charge on any atom is 0.222 e. The van der Waals surface area contributed by atoms with E-state index in [0.29, 0.717) is 18.3 Å². The zero-order valence-corrected chi connectivity index (χ0v) is 13.2. The highest BCUT2D eigenvalue weighted by Crippen LogP contribution is 2.13. The lowest BCUT2D eigenvalue weighted by molar-refractivity contribution is -0.127. The van der Waals surface area contributed by atoms with Crippen LogP contribution in [0.2, 0.25) is 0 Å². The molecule has 0 fully saturated rings. The number of hydrogen-bond donors (Lipinski definition) is 2. The molecule has 0 bridgehead atoms. The Morgan fingerprint density at radius 2 is 1.42 bits per heavy atom. The fourth-order valence-electron chi connectivity index (χ4n) is 2.33. The Morgan fingerprint density at radius 1 is 0.895 bits per heavy atom. The summed E-state index contributed by atoms with van der Waals surface area (Å²) >= 11 is 0. The molecule has 2 unspecified atom stereocenters. The Hall–Kier alpha value is -1.06. The van der Waals surface area contributed by atoms with E-state index in [9.17, 15) is 9.59 Å². The third-order valence-corrected chi connectivity index (χ3v) is 3.35. The molecule has 3 atom stereocenters. The summed E-state index contributed by atoms with van der Waals surface area (Å²) in [6.45, 7) is 11.0. The Bertz CT molecular complexity index is 290. The molecule has 4 heteroatoms. The average Bonchev–Trinajstić information content (AvgIpc) is 2.33. The van der Waals surface area contributed by atoms with Gasteiger partial charge in [-0.15, -0.1) is 0 Å². The summed E-state index contributed by atoms with van der Waals surface area (Å²) in [7, 11) is 1.62.